The molecule has 0 saturated carbocycles. The highest BCUT2D eigenvalue weighted by Gasteiger charge is 2.07. The molecule has 0 fully saturated rings. The Morgan fingerprint density at radius 1 is 0.750 bits per heavy atom. The van der Waals surface area contributed by atoms with Gasteiger partial charge in [0.15, 0.2) is 0 Å². The number of nitrogens with two attached hydrogens (primary N) is 2. The number of nitrogens with zero attached hydrogens (tertiary/aromatic N) is 3. The van der Waals surface area contributed by atoms with E-state index in [0.29, 0.717) is 33.5 Å². The smallest absolute Gasteiger partial charge is 0.101 e. The normalized spacial score (nSPS) is 10.3. The van der Waals surface area contributed by atoms with E-state index >= 15 is 0 Å². The first-order chi connectivity index (χ1) is 9.62. The van der Waals surface area contributed by atoms with E-state index in [1.165, 1.54) is 0 Å². The van der Waals surface area contributed by atoms with Crippen molar-refractivity contribution in [3.63, 3.8) is 0 Å². The Balaban J connectivity index is 2.41. The Morgan fingerprint density at radius 2 is 1.30 bits per heavy atom. The van der Waals surface area contributed by atoms with Crippen LogP contribution in [-0.2, 0) is 0 Å². The number of hydrogen-bond acceptors (Lipinski definition) is 5. The van der Waals surface area contributed by atoms with E-state index in [-0.39, 0.29) is 0 Å². The highest BCUT2D eigenvalue weighted by molar-refractivity contribution is 5.96. The summed E-state index contributed by atoms with van der Waals surface area (Å²) in [6, 6.07) is 12.7. The van der Waals surface area contributed by atoms with Gasteiger partial charge in [-0.3, -0.25) is 0 Å². The van der Waals surface area contributed by atoms with Crippen molar-refractivity contribution in [3.8, 4) is 12.1 Å². The Hall–Kier alpha value is -3.31. The molecule has 0 unspecified atom stereocenters. The maximum absolute atomic E-state index is 9.00. The summed E-state index contributed by atoms with van der Waals surface area (Å²) >= 11 is 0. The second-order valence-electron chi connectivity index (χ2n) is 4.48. The molecule has 0 saturated heterocycles. The number of nitriles is 2. The molecule has 0 aliphatic carbocycles. The van der Waals surface area contributed by atoms with Crippen LogP contribution in [0.25, 0.3) is 21.8 Å². The van der Waals surface area contributed by atoms with E-state index in [2.05, 4.69) is 4.98 Å². The quantitative estimate of drug-likeness (QED) is 0.475. The highest BCUT2D eigenvalue weighted by atomic mass is 14.7. The number of anilines is 2. The first-order valence-corrected chi connectivity index (χ1v) is 5.86. The maximum atomic E-state index is 9.00. The number of pyridine rings is 1. The van der Waals surface area contributed by atoms with Crippen molar-refractivity contribution in [3.05, 3.63) is 41.5 Å². The van der Waals surface area contributed by atoms with Crippen LogP contribution in [0.1, 0.15) is 11.1 Å². The molecule has 1 heterocycles. The molecule has 4 N–H and O–H groups in total. The van der Waals surface area contributed by atoms with Crippen LogP contribution in [0.4, 0.5) is 11.4 Å². The largest absolute Gasteiger partial charge is 0.398 e. The van der Waals surface area contributed by atoms with Crippen molar-refractivity contribution in [1.29, 1.82) is 10.5 Å². The van der Waals surface area contributed by atoms with Crippen LogP contribution >= 0.6 is 0 Å². The van der Waals surface area contributed by atoms with Crippen molar-refractivity contribution in [2.45, 2.75) is 0 Å². The Morgan fingerprint density at radius 3 is 2.00 bits per heavy atom. The number of benzene rings is 2. The molecule has 1 aromatic heterocycles. The standard InChI is InChI=1S/C15H9N5/c16-6-10-2-8-1-9-3-12(18)11(7-17)4-14(9)20-15(8)5-13(10)19/h1-5H,18-19H2. The van der Waals surface area contributed by atoms with Crippen LogP contribution in [0.5, 0.6) is 0 Å². The lowest BCUT2D eigenvalue weighted by atomic mass is 10.0. The molecule has 0 spiro atoms. The predicted molar refractivity (Wildman–Crippen MR) is 77.5 cm³/mol. The number of hydrogen-bond donors (Lipinski definition) is 2. The van der Waals surface area contributed by atoms with Crippen LogP contribution in [0.15, 0.2) is 30.3 Å². The van der Waals surface area contributed by atoms with E-state index in [1.807, 2.05) is 18.2 Å². The summed E-state index contributed by atoms with van der Waals surface area (Å²) in [5.41, 5.74) is 14.6. The van der Waals surface area contributed by atoms with Gasteiger partial charge in [0.2, 0.25) is 0 Å². The zero-order valence-electron chi connectivity index (χ0n) is 10.4. The van der Waals surface area contributed by atoms with Gasteiger partial charge in [0.25, 0.3) is 0 Å². The van der Waals surface area contributed by atoms with Gasteiger partial charge < -0.3 is 11.5 Å². The van der Waals surface area contributed by atoms with Gasteiger partial charge in [-0.2, -0.15) is 10.5 Å². The number of nitrogen functional groups attached to an aromatic ring is 2. The van der Waals surface area contributed by atoms with Crippen LogP contribution in [-0.4, -0.2) is 4.98 Å². The second-order valence-corrected chi connectivity index (χ2v) is 4.48. The molecule has 3 rings (SSSR count). The summed E-state index contributed by atoms with van der Waals surface area (Å²) in [6.07, 6.45) is 0. The van der Waals surface area contributed by atoms with Gasteiger partial charge in [-0.15, -0.1) is 0 Å². The highest BCUT2D eigenvalue weighted by Crippen LogP contribution is 2.26. The van der Waals surface area contributed by atoms with E-state index < -0.39 is 0 Å². The lowest BCUT2D eigenvalue weighted by Crippen LogP contribution is -1.94. The number of rotatable bonds is 0. The van der Waals surface area contributed by atoms with Crippen LogP contribution in [0.2, 0.25) is 0 Å². The van der Waals surface area contributed by atoms with Gasteiger partial charge >= 0.3 is 0 Å². The van der Waals surface area contributed by atoms with Gasteiger partial charge in [-0.25, -0.2) is 4.98 Å². The average molecular weight is 259 g/mol. The van der Waals surface area contributed by atoms with Gasteiger partial charge in [-0.05, 0) is 30.3 Å². The van der Waals surface area contributed by atoms with Crippen LogP contribution in [0.3, 0.4) is 0 Å². The first kappa shape index (κ1) is 11.8. The third-order valence-electron chi connectivity index (χ3n) is 3.19. The lowest BCUT2D eigenvalue weighted by Gasteiger charge is -2.06. The van der Waals surface area contributed by atoms with Gasteiger partial charge in [0, 0.05) is 10.8 Å². The van der Waals surface area contributed by atoms with Crippen molar-refractivity contribution >= 4 is 33.2 Å². The summed E-state index contributed by atoms with van der Waals surface area (Å²) in [5, 5.41) is 19.6. The minimum absolute atomic E-state index is 0.391. The maximum Gasteiger partial charge on any atom is 0.101 e. The molecule has 0 amide bonds. The second kappa shape index (κ2) is 4.11. The van der Waals surface area contributed by atoms with E-state index in [1.54, 1.807) is 24.3 Å². The van der Waals surface area contributed by atoms with Crippen molar-refractivity contribution in [2.24, 2.45) is 0 Å². The molecule has 0 bridgehead atoms. The molecule has 2 aromatic carbocycles. The predicted octanol–water partition coefficient (Wildman–Crippen LogP) is 2.30. The first-order valence-electron chi connectivity index (χ1n) is 5.86. The fourth-order valence-corrected chi connectivity index (χ4v) is 2.16. The van der Waals surface area contributed by atoms with Gasteiger partial charge in [0.05, 0.1) is 33.5 Å². The van der Waals surface area contributed by atoms with Crippen molar-refractivity contribution in [1.82, 2.24) is 4.98 Å². The summed E-state index contributed by atoms with van der Waals surface area (Å²) in [7, 11) is 0. The van der Waals surface area contributed by atoms with Crippen molar-refractivity contribution in [2.75, 3.05) is 11.5 Å². The fraction of sp³-hybridized carbons (Fsp3) is 0. The Labute approximate surface area is 114 Å². The lowest BCUT2D eigenvalue weighted by molar-refractivity contribution is 1.45. The summed E-state index contributed by atoms with van der Waals surface area (Å²) < 4.78 is 0. The van der Waals surface area contributed by atoms with E-state index in [0.717, 1.165) is 10.8 Å². The van der Waals surface area contributed by atoms with Crippen LogP contribution in [0, 0.1) is 22.7 Å². The third kappa shape index (κ3) is 1.66. The topological polar surface area (TPSA) is 113 Å². The van der Waals surface area contributed by atoms with Gasteiger partial charge in [-0.1, -0.05) is 0 Å². The summed E-state index contributed by atoms with van der Waals surface area (Å²) in [6.45, 7) is 0. The Bertz CT molecular complexity index is 865. The van der Waals surface area contributed by atoms with E-state index in [9.17, 15) is 0 Å². The molecule has 94 valence electrons. The minimum atomic E-state index is 0.391. The zero-order valence-corrected chi connectivity index (χ0v) is 10.4. The van der Waals surface area contributed by atoms with E-state index in [4.69, 9.17) is 22.0 Å². The van der Waals surface area contributed by atoms with Gasteiger partial charge in [0.1, 0.15) is 12.1 Å². The molecular formula is C15H9N5. The summed E-state index contributed by atoms with van der Waals surface area (Å²) in [5.74, 6) is 0. The average Bonchev–Trinajstić information content (AvgIpc) is 2.44. The molecule has 5 nitrogen and oxygen atoms in total. The third-order valence-corrected chi connectivity index (χ3v) is 3.19. The molecule has 20 heavy (non-hydrogen) atoms. The number of fused-ring (bicyclic) bond motifs is 2. The monoisotopic (exact) mass is 259 g/mol. The number of aromatic nitrogens is 1. The molecule has 0 aliphatic rings. The zero-order chi connectivity index (χ0) is 14.3. The Kier molecular flexibility index (Phi) is 2.42. The van der Waals surface area contributed by atoms with Crippen LogP contribution < -0.4 is 11.5 Å². The SMILES string of the molecule is N#Cc1cc2cc3cc(N)c(C#N)cc3nc2cc1N. The molecular weight excluding hydrogens is 250 g/mol. The molecule has 0 radical (unpaired) electrons. The summed E-state index contributed by atoms with van der Waals surface area (Å²) in [4.78, 5) is 4.47. The molecule has 5 heteroatoms. The molecule has 3 aromatic rings. The molecule has 0 aliphatic heterocycles. The minimum Gasteiger partial charge on any atom is -0.398 e. The van der Waals surface area contributed by atoms with Crippen molar-refractivity contribution < 1.29 is 0 Å². The fourth-order valence-electron chi connectivity index (χ4n) is 2.16. The molecule has 0 atom stereocenters.